The number of ether oxygens (including phenoxy) is 1. The highest BCUT2D eigenvalue weighted by molar-refractivity contribution is 7.86. The third kappa shape index (κ3) is 4.69. The van der Waals surface area contributed by atoms with E-state index in [1.165, 1.54) is 0 Å². The molecular formula is C20H24O4S. The third-order valence-corrected chi connectivity index (χ3v) is 6.10. The van der Waals surface area contributed by atoms with E-state index in [-0.39, 0.29) is 17.1 Å². The van der Waals surface area contributed by atoms with Crippen molar-refractivity contribution in [1.29, 1.82) is 0 Å². The van der Waals surface area contributed by atoms with Gasteiger partial charge >= 0.3 is 0 Å². The minimum absolute atomic E-state index is 0.0853. The first kappa shape index (κ1) is 18.1. The Morgan fingerprint density at radius 1 is 1.04 bits per heavy atom. The zero-order valence-electron chi connectivity index (χ0n) is 14.6. The van der Waals surface area contributed by atoms with Gasteiger partial charge in [0.15, 0.2) is 0 Å². The molecule has 0 amide bonds. The Hall–Kier alpha value is -1.69. The largest absolute Gasteiger partial charge is 0.374 e. The molecule has 1 aliphatic rings. The van der Waals surface area contributed by atoms with Gasteiger partial charge in [0.1, 0.15) is 0 Å². The van der Waals surface area contributed by atoms with Crippen molar-refractivity contribution in [1.82, 2.24) is 0 Å². The zero-order valence-corrected chi connectivity index (χ0v) is 15.4. The molecule has 25 heavy (non-hydrogen) atoms. The van der Waals surface area contributed by atoms with Crippen molar-refractivity contribution in [3.05, 3.63) is 65.7 Å². The van der Waals surface area contributed by atoms with E-state index in [0.29, 0.717) is 25.4 Å². The maximum atomic E-state index is 12.3. The van der Waals surface area contributed by atoms with Gasteiger partial charge in [-0.1, -0.05) is 48.0 Å². The fourth-order valence-electron chi connectivity index (χ4n) is 2.95. The summed E-state index contributed by atoms with van der Waals surface area (Å²) in [6.07, 6.45) is 1.25. The molecule has 134 valence electrons. The van der Waals surface area contributed by atoms with Gasteiger partial charge in [0.25, 0.3) is 10.1 Å². The minimum atomic E-state index is -3.68. The Morgan fingerprint density at radius 2 is 1.68 bits per heavy atom. The molecule has 0 aliphatic heterocycles. The Morgan fingerprint density at radius 3 is 2.32 bits per heavy atom. The molecule has 0 unspecified atom stereocenters. The fraction of sp³-hybridized carbons (Fsp3) is 0.400. The predicted molar refractivity (Wildman–Crippen MR) is 96.7 cm³/mol. The SMILES string of the molecule is Cc1ccc(S(=O)(=O)OC2CC([C@H](C)OCc3ccccc3)C2)cc1. The molecule has 0 radical (unpaired) electrons. The van der Waals surface area contributed by atoms with Crippen molar-refractivity contribution in [3.63, 3.8) is 0 Å². The van der Waals surface area contributed by atoms with Crippen LogP contribution in [-0.2, 0) is 25.6 Å². The van der Waals surface area contributed by atoms with Crippen LogP contribution in [0.15, 0.2) is 59.5 Å². The van der Waals surface area contributed by atoms with E-state index in [2.05, 4.69) is 0 Å². The number of hydrogen-bond acceptors (Lipinski definition) is 4. The highest BCUT2D eigenvalue weighted by atomic mass is 32.2. The predicted octanol–water partition coefficient (Wildman–Crippen LogP) is 4.08. The topological polar surface area (TPSA) is 52.6 Å². The quantitative estimate of drug-likeness (QED) is 0.698. The smallest absolute Gasteiger partial charge is 0.297 e. The van der Waals surface area contributed by atoms with Crippen molar-refractivity contribution in [2.24, 2.45) is 5.92 Å². The van der Waals surface area contributed by atoms with Crippen LogP contribution >= 0.6 is 0 Å². The summed E-state index contributed by atoms with van der Waals surface area (Å²) in [5.74, 6) is 0.335. The molecule has 0 saturated heterocycles. The van der Waals surface area contributed by atoms with Gasteiger partial charge in [-0.05, 0) is 50.3 Å². The lowest BCUT2D eigenvalue weighted by Crippen LogP contribution is -2.39. The van der Waals surface area contributed by atoms with Gasteiger partial charge in [-0.15, -0.1) is 0 Å². The van der Waals surface area contributed by atoms with Gasteiger partial charge in [0.2, 0.25) is 0 Å². The number of hydrogen-bond donors (Lipinski definition) is 0. The van der Waals surface area contributed by atoms with E-state index in [4.69, 9.17) is 8.92 Å². The summed E-state index contributed by atoms with van der Waals surface area (Å²) in [4.78, 5) is 0.218. The van der Waals surface area contributed by atoms with Crippen molar-refractivity contribution in [2.45, 2.75) is 50.4 Å². The minimum Gasteiger partial charge on any atom is -0.374 e. The number of aryl methyl sites for hydroxylation is 1. The van der Waals surface area contributed by atoms with Crippen LogP contribution < -0.4 is 0 Å². The summed E-state index contributed by atoms with van der Waals surface area (Å²) in [5.41, 5.74) is 2.16. The second-order valence-corrected chi connectivity index (χ2v) is 8.29. The first-order valence-corrected chi connectivity index (χ1v) is 10.0. The average molecular weight is 360 g/mol. The van der Waals surface area contributed by atoms with Crippen molar-refractivity contribution >= 4 is 10.1 Å². The molecule has 0 aromatic heterocycles. The van der Waals surface area contributed by atoms with Gasteiger partial charge < -0.3 is 4.74 Å². The Bertz CT molecular complexity index is 778. The standard InChI is InChI=1S/C20H24O4S/c1-15-8-10-20(11-9-15)25(21,22)24-19-12-18(13-19)16(2)23-14-17-6-4-3-5-7-17/h3-11,16,18-19H,12-14H2,1-2H3/t16-,18?,19?/m0/s1. The lowest BCUT2D eigenvalue weighted by molar-refractivity contribution is -0.0513. The molecule has 1 fully saturated rings. The Balaban J connectivity index is 1.46. The van der Waals surface area contributed by atoms with Crippen LogP contribution in [-0.4, -0.2) is 20.6 Å². The van der Waals surface area contributed by atoms with Crippen LogP contribution in [0.2, 0.25) is 0 Å². The highest BCUT2D eigenvalue weighted by Gasteiger charge is 2.37. The summed E-state index contributed by atoms with van der Waals surface area (Å²) in [6.45, 7) is 4.54. The van der Waals surface area contributed by atoms with Crippen LogP contribution in [0.25, 0.3) is 0 Å². The normalized spacial score (nSPS) is 21.5. The molecule has 1 saturated carbocycles. The van der Waals surface area contributed by atoms with E-state index in [0.717, 1.165) is 11.1 Å². The summed E-state index contributed by atoms with van der Waals surface area (Å²) in [7, 11) is -3.68. The van der Waals surface area contributed by atoms with Gasteiger partial charge in [0.05, 0.1) is 23.7 Å². The third-order valence-electron chi connectivity index (χ3n) is 4.72. The maximum Gasteiger partial charge on any atom is 0.297 e. The molecule has 1 atom stereocenters. The van der Waals surface area contributed by atoms with E-state index in [1.54, 1.807) is 24.3 Å². The van der Waals surface area contributed by atoms with Crippen LogP contribution in [0.3, 0.4) is 0 Å². The Labute approximate surface area is 149 Å². The maximum absolute atomic E-state index is 12.3. The molecule has 0 spiro atoms. The van der Waals surface area contributed by atoms with Crippen molar-refractivity contribution in [3.8, 4) is 0 Å². The molecule has 4 nitrogen and oxygen atoms in total. The molecule has 2 aromatic carbocycles. The van der Waals surface area contributed by atoms with Crippen LogP contribution in [0, 0.1) is 12.8 Å². The number of benzene rings is 2. The molecule has 0 N–H and O–H groups in total. The summed E-state index contributed by atoms with van der Waals surface area (Å²) in [5, 5.41) is 0. The fourth-order valence-corrected chi connectivity index (χ4v) is 4.04. The van der Waals surface area contributed by atoms with E-state index < -0.39 is 10.1 Å². The van der Waals surface area contributed by atoms with E-state index >= 15 is 0 Å². The molecule has 3 rings (SSSR count). The van der Waals surface area contributed by atoms with Crippen LogP contribution in [0.5, 0.6) is 0 Å². The first-order valence-electron chi connectivity index (χ1n) is 8.59. The lowest BCUT2D eigenvalue weighted by atomic mass is 9.79. The average Bonchev–Trinajstić information content (AvgIpc) is 2.57. The Kier molecular flexibility index (Phi) is 5.57. The monoisotopic (exact) mass is 360 g/mol. The van der Waals surface area contributed by atoms with Crippen molar-refractivity contribution in [2.75, 3.05) is 0 Å². The van der Waals surface area contributed by atoms with Crippen LogP contribution in [0.4, 0.5) is 0 Å². The molecule has 5 heteroatoms. The molecule has 2 aromatic rings. The van der Waals surface area contributed by atoms with E-state index in [9.17, 15) is 8.42 Å². The molecule has 0 heterocycles. The van der Waals surface area contributed by atoms with Crippen molar-refractivity contribution < 1.29 is 17.3 Å². The zero-order chi connectivity index (χ0) is 17.9. The summed E-state index contributed by atoms with van der Waals surface area (Å²) < 4.78 is 35.8. The van der Waals surface area contributed by atoms with Gasteiger partial charge in [-0.2, -0.15) is 8.42 Å². The molecule has 1 aliphatic carbocycles. The van der Waals surface area contributed by atoms with E-state index in [1.807, 2.05) is 44.2 Å². The highest BCUT2D eigenvalue weighted by Crippen LogP contribution is 2.36. The van der Waals surface area contributed by atoms with Gasteiger partial charge in [-0.3, -0.25) is 4.18 Å². The lowest BCUT2D eigenvalue weighted by Gasteiger charge is -2.38. The summed E-state index contributed by atoms with van der Waals surface area (Å²) in [6, 6.07) is 16.8. The first-order chi connectivity index (χ1) is 11.9. The van der Waals surface area contributed by atoms with Gasteiger partial charge in [-0.25, -0.2) is 0 Å². The van der Waals surface area contributed by atoms with Gasteiger partial charge in [0, 0.05) is 0 Å². The summed E-state index contributed by atoms with van der Waals surface area (Å²) >= 11 is 0. The second kappa shape index (κ2) is 7.68. The molecular weight excluding hydrogens is 336 g/mol. The number of rotatable bonds is 7. The molecule has 0 bridgehead atoms. The second-order valence-electron chi connectivity index (χ2n) is 6.72. The van der Waals surface area contributed by atoms with Crippen LogP contribution in [0.1, 0.15) is 30.9 Å².